The number of carbonyl (C=O) groups is 1. The number of nitrogens with two attached hydrogens (primary N) is 2. The van der Waals surface area contributed by atoms with Crippen LogP contribution in [0.5, 0.6) is 0 Å². The van der Waals surface area contributed by atoms with Crippen LogP contribution in [0.4, 0.5) is 0 Å². The lowest BCUT2D eigenvalue weighted by Crippen LogP contribution is -2.47. The van der Waals surface area contributed by atoms with Crippen LogP contribution in [-0.4, -0.2) is 50.9 Å². The monoisotopic (exact) mass is 485 g/mol. The number of nitrogens with zero attached hydrogens (tertiary/aromatic N) is 2. The lowest BCUT2D eigenvalue weighted by molar-refractivity contribution is -0.132. The van der Waals surface area contributed by atoms with Crippen molar-refractivity contribution in [3.8, 4) is 0 Å². The number of hydrogen-bond acceptors (Lipinski definition) is 4. The molecule has 1 heterocycles. The summed E-state index contributed by atoms with van der Waals surface area (Å²) in [7, 11) is -3.94. The van der Waals surface area contributed by atoms with Gasteiger partial charge in [-0.2, -0.15) is 4.72 Å². The number of sulfonamides is 1. The maximum absolute atomic E-state index is 13.4. The molecule has 1 aliphatic heterocycles. The van der Waals surface area contributed by atoms with Crippen molar-refractivity contribution >= 4 is 21.9 Å². The van der Waals surface area contributed by atoms with Gasteiger partial charge in [-0.3, -0.25) is 9.79 Å². The van der Waals surface area contributed by atoms with Crippen LogP contribution in [0.25, 0.3) is 0 Å². The van der Waals surface area contributed by atoms with Gasteiger partial charge in [-0.25, -0.2) is 8.42 Å². The molecule has 184 valence electrons. The van der Waals surface area contributed by atoms with Crippen LogP contribution in [0.3, 0.4) is 0 Å². The topological polar surface area (TPSA) is 131 Å². The lowest BCUT2D eigenvalue weighted by atomic mass is 9.78. The van der Waals surface area contributed by atoms with Gasteiger partial charge in [-0.05, 0) is 48.9 Å². The Bertz CT molecular complexity index is 1110. The third-order valence-corrected chi connectivity index (χ3v) is 7.79. The second-order valence-electron chi connectivity index (χ2n) is 9.17. The predicted molar refractivity (Wildman–Crippen MR) is 135 cm³/mol. The SMILES string of the molecule is CC(C)(c1ccccc1)c1cccc(S(=O)(=O)N[C@@H](CCCN=C(N)N)C(=O)N2CCCC2)c1. The Kier molecular flexibility index (Phi) is 8.33. The fourth-order valence-electron chi connectivity index (χ4n) is 4.22. The number of amides is 1. The Morgan fingerprint density at radius 3 is 2.35 bits per heavy atom. The summed E-state index contributed by atoms with van der Waals surface area (Å²) in [5.74, 6) is -0.229. The number of likely N-dealkylation sites (tertiary alicyclic amines) is 1. The Morgan fingerprint density at radius 2 is 1.71 bits per heavy atom. The number of carbonyl (C=O) groups excluding carboxylic acids is 1. The molecule has 0 aliphatic carbocycles. The molecule has 1 atom stereocenters. The maximum Gasteiger partial charge on any atom is 0.241 e. The van der Waals surface area contributed by atoms with E-state index in [-0.39, 0.29) is 16.8 Å². The Balaban J connectivity index is 1.83. The molecule has 1 saturated heterocycles. The highest BCUT2D eigenvalue weighted by Crippen LogP contribution is 2.32. The smallest absolute Gasteiger partial charge is 0.241 e. The van der Waals surface area contributed by atoms with Crippen molar-refractivity contribution < 1.29 is 13.2 Å². The number of rotatable bonds is 10. The number of guanidine groups is 1. The molecule has 8 nitrogen and oxygen atoms in total. The van der Waals surface area contributed by atoms with Crippen LogP contribution < -0.4 is 16.2 Å². The van der Waals surface area contributed by atoms with E-state index in [0.717, 1.165) is 24.0 Å². The zero-order valence-corrected chi connectivity index (χ0v) is 20.7. The molecule has 0 unspecified atom stereocenters. The van der Waals surface area contributed by atoms with E-state index in [1.165, 1.54) is 0 Å². The van der Waals surface area contributed by atoms with E-state index in [1.54, 1.807) is 23.1 Å². The van der Waals surface area contributed by atoms with Gasteiger partial charge in [0.15, 0.2) is 5.96 Å². The molecular formula is C25H35N5O3S. The van der Waals surface area contributed by atoms with Crippen LogP contribution in [0.1, 0.15) is 50.7 Å². The first-order valence-corrected chi connectivity index (χ1v) is 13.1. The van der Waals surface area contributed by atoms with Gasteiger partial charge in [0.1, 0.15) is 6.04 Å². The predicted octanol–water partition coefficient (Wildman–Crippen LogP) is 2.34. The standard InChI is InChI=1S/C25H35N5O3S/c1-25(2,19-10-4-3-5-11-19)20-12-8-13-21(18-20)34(32,33)29-22(14-9-15-28-24(26)27)23(31)30-16-6-7-17-30/h3-5,8,10-13,18,22,29H,6-7,9,14-17H2,1-2H3,(H4,26,27,28)/t22-/m0/s1. The van der Waals surface area contributed by atoms with Crippen molar-refractivity contribution in [1.29, 1.82) is 0 Å². The van der Waals surface area contributed by atoms with E-state index in [1.807, 2.05) is 36.4 Å². The van der Waals surface area contributed by atoms with Crippen molar-refractivity contribution in [2.75, 3.05) is 19.6 Å². The molecule has 3 rings (SSSR count). The second-order valence-corrected chi connectivity index (χ2v) is 10.9. The van der Waals surface area contributed by atoms with E-state index >= 15 is 0 Å². The van der Waals surface area contributed by atoms with Crippen molar-refractivity contribution in [3.05, 3.63) is 65.7 Å². The van der Waals surface area contributed by atoms with Gasteiger partial charge in [0.2, 0.25) is 15.9 Å². The van der Waals surface area contributed by atoms with Gasteiger partial charge in [-0.1, -0.05) is 56.3 Å². The highest BCUT2D eigenvalue weighted by Gasteiger charge is 2.31. The van der Waals surface area contributed by atoms with E-state index in [9.17, 15) is 13.2 Å². The molecule has 1 aliphatic rings. The fourth-order valence-corrected chi connectivity index (χ4v) is 5.49. The summed E-state index contributed by atoms with van der Waals surface area (Å²) in [6.45, 7) is 5.74. The van der Waals surface area contributed by atoms with Gasteiger partial charge in [0.05, 0.1) is 4.90 Å². The number of aliphatic imine (C=N–C) groups is 1. The molecule has 0 bridgehead atoms. The van der Waals surface area contributed by atoms with Crippen LogP contribution in [-0.2, 0) is 20.2 Å². The minimum absolute atomic E-state index is 0.0270. The van der Waals surface area contributed by atoms with Crippen molar-refractivity contribution in [2.24, 2.45) is 16.5 Å². The summed E-state index contributed by atoms with van der Waals surface area (Å²) < 4.78 is 29.4. The van der Waals surface area contributed by atoms with E-state index in [2.05, 4.69) is 23.6 Å². The molecule has 0 aromatic heterocycles. The van der Waals surface area contributed by atoms with Crippen LogP contribution >= 0.6 is 0 Å². The highest BCUT2D eigenvalue weighted by atomic mass is 32.2. The van der Waals surface area contributed by atoms with Crippen LogP contribution in [0.15, 0.2) is 64.5 Å². The Hall–Kier alpha value is -2.91. The first-order valence-electron chi connectivity index (χ1n) is 11.6. The van der Waals surface area contributed by atoms with Crippen LogP contribution in [0, 0.1) is 0 Å². The zero-order valence-electron chi connectivity index (χ0n) is 19.9. The minimum atomic E-state index is -3.94. The molecule has 1 amide bonds. The Labute approximate surface area is 202 Å². The molecule has 2 aromatic rings. The molecule has 0 saturated carbocycles. The third-order valence-electron chi connectivity index (χ3n) is 6.32. The quantitative estimate of drug-likeness (QED) is 0.270. The number of benzene rings is 2. The summed E-state index contributed by atoms with van der Waals surface area (Å²) in [4.78, 5) is 18.9. The summed E-state index contributed by atoms with van der Waals surface area (Å²) in [5.41, 5.74) is 12.3. The first kappa shape index (κ1) is 25.7. The molecule has 0 radical (unpaired) electrons. The first-order chi connectivity index (χ1) is 16.1. The fraction of sp³-hybridized carbons (Fsp3) is 0.440. The minimum Gasteiger partial charge on any atom is -0.370 e. The number of nitrogens with one attached hydrogen (secondary N) is 1. The van der Waals surface area contributed by atoms with Gasteiger partial charge in [-0.15, -0.1) is 0 Å². The van der Waals surface area contributed by atoms with E-state index < -0.39 is 21.5 Å². The molecule has 9 heteroatoms. The average Bonchev–Trinajstić information content (AvgIpc) is 3.36. The third kappa shape index (κ3) is 6.36. The van der Waals surface area contributed by atoms with E-state index in [4.69, 9.17) is 11.5 Å². The lowest BCUT2D eigenvalue weighted by Gasteiger charge is -2.27. The van der Waals surface area contributed by atoms with Crippen molar-refractivity contribution in [1.82, 2.24) is 9.62 Å². The van der Waals surface area contributed by atoms with Gasteiger partial charge < -0.3 is 16.4 Å². The molecule has 2 aromatic carbocycles. The molecule has 0 spiro atoms. The van der Waals surface area contributed by atoms with Gasteiger partial charge in [0, 0.05) is 25.0 Å². The normalized spacial score (nSPS) is 15.2. The highest BCUT2D eigenvalue weighted by molar-refractivity contribution is 7.89. The van der Waals surface area contributed by atoms with E-state index in [0.29, 0.717) is 32.5 Å². The molecular weight excluding hydrogens is 450 g/mol. The summed E-state index contributed by atoms with van der Waals surface area (Å²) in [6, 6.07) is 16.0. The molecule has 1 fully saturated rings. The Morgan fingerprint density at radius 1 is 1.06 bits per heavy atom. The largest absolute Gasteiger partial charge is 0.370 e. The summed E-state index contributed by atoms with van der Waals surface area (Å²) in [6.07, 6.45) is 2.64. The van der Waals surface area contributed by atoms with Gasteiger partial charge in [0.25, 0.3) is 0 Å². The molecule has 34 heavy (non-hydrogen) atoms. The summed E-state index contributed by atoms with van der Waals surface area (Å²) >= 11 is 0. The zero-order chi connectivity index (χ0) is 24.8. The number of hydrogen-bond donors (Lipinski definition) is 3. The van der Waals surface area contributed by atoms with Crippen molar-refractivity contribution in [3.63, 3.8) is 0 Å². The van der Waals surface area contributed by atoms with Gasteiger partial charge >= 0.3 is 0 Å². The van der Waals surface area contributed by atoms with Crippen molar-refractivity contribution in [2.45, 2.75) is 55.9 Å². The summed E-state index contributed by atoms with van der Waals surface area (Å²) in [5, 5.41) is 0. The maximum atomic E-state index is 13.4. The second kappa shape index (κ2) is 11.0. The molecule has 5 N–H and O–H groups in total. The average molecular weight is 486 g/mol. The van der Waals surface area contributed by atoms with Crippen LogP contribution in [0.2, 0.25) is 0 Å².